The van der Waals surface area contributed by atoms with Gasteiger partial charge in [0.1, 0.15) is 11.6 Å². The number of hydrogen-bond donors (Lipinski definition) is 0. The molecule has 2 aliphatic heterocycles. The average molecular weight is 417 g/mol. The second kappa shape index (κ2) is 8.46. The number of rotatable bonds is 4. The molecule has 3 heterocycles. The van der Waals surface area contributed by atoms with Crippen LogP contribution in [0, 0.1) is 0 Å². The second-order valence-corrected chi connectivity index (χ2v) is 8.19. The Morgan fingerprint density at radius 2 is 1.48 bits per heavy atom. The molecule has 1 amide bonds. The molecular formula is C25H28N4O2. The molecule has 5 rings (SSSR count). The van der Waals surface area contributed by atoms with E-state index in [0.717, 1.165) is 80.1 Å². The van der Waals surface area contributed by atoms with Gasteiger partial charge in [-0.25, -0.2) is 4.98 Å². The van der Waals surface area contributed by atoms with Crippen molar-refractivity contribution in [2.24, 2.45) is 0 Å². The van der Waals surface area contributed by atoms with Gasteiger partial charge in [-0.2, -0.15) is 0 Å². The minimum absolute atomic E-state index is 0.105. The summed E-state index contributed by atoms with van der Waals surface area (Å²) in [7, 11) is 1.72. The van der Waals surface area contributed by atoms with E-state index < -0.39 is 0 Å². The Balaban J connectivity index is 1.40. The third-order valence-electron chi connectivity index (χ3n) is 6.40. The zero-order chi connectivity index (χ0) is 21.2. The van der Waals surface area contributed by atoms with Crippen molar-refractivity contribution in [2.45, 2.75) is 12.8 Å². The van der Waals surface area contributed by atoms with Gasteiger partial charge < -0.3 is 19.4 Å². The van der Waals surface area contributed by atoms with Crippen molar-refractivity contribution in [3.63, 3.8) is 0 Å². The predicted octanol–water partition coefficient (Wildman–Crippen LogP) is 3.81. The van der Waals surface area contributed by atoms with Crippen LogP contribution < -0.4 is 14.5 Å². The molecular weight excluding hydrogens is 388 g/mol. The number of amides is 1. The lowest BCUT2D eigenvalue weighted by Crippen LogP contribution is -2.47. The van der Waals surface area contributed by atoms with Crippen molar-refractivity contribution < 1.29 is 9.53 Å². The third-order valence-corrected chi connectivity index (χ3v) is 6.40. The van der Waals surface area contributed by atoms with E-state index in [1.54, 1.807) is 13.3 Å². The molecule has 2 aliphatic rings. The largest absolute Gasteiger partial charge is 0.495 e. The Morgan fingerprint density at radius 3 is 2.23 bits per heavy atom. The lowest BCUT2D eigenvalue weighted by molar-refractivity contribution is 0.0794. The summed E-state index contributed by atoms with van der Waals surface area (Å²) in [5, 5.41) is 2.05. The van der Waals surface area contributed by atoms with Gasteiger partial charge >= 0.3 is 0 Å². The molecule has 0 spiro atoms. The summed E-state index contributed by atoms with van der Waals surface area (Å²) < 4.78 is 5.54. The molecule has 2 aromatic carbocycles. The van der Waals surface area contributed by atoms with Crippen LogP contribution in [0.15, 0.2) is 54.7 Å². The minimum atomic E-state index is 0.105. The fourth-order valence-corrected chi connectivity index (χ4v) is 4.74. The molecule has 0 aliphatic carbocycles. The van der Waals surface area contributed by atoms with E-state index >= 15 is 0 Å². The maximum absolute atomic E-state index is 13.1. The van der Waals surface area contributed by atoms with Crippen molar-refractivity contribution >= 4 is 28.2 Å². The standard InChI is InChI=1S/C25H28N4O2/c1-31-23-11-5-4-10-22(23)27-14-16-28(17-15-27)24-20-9-3-2-8-19(20)21(18-26-24)25(30)29-12-6-7-13-29/h2-5,8-11,18H,6-7,12-17H2,1H3. The highest BCUT2D eigenvalue weighted by molar-refractivity contribution is 6.09. The van der Waals surface area contributed by atoms with E-state index in [4.69, 9.17) is 9.72 Å². The SMILES string of the molecule is COc1ccccc1N1CCN(c2ncc(C(=O)N3CCCC3)c3ccccc23)CC1. The predicted molar refractivity (Wildman–Crippen MR) is 124 cm³/mol. The Kier molecular flexibility index (Phi) is 5.37. The molecule has 0 unspecified atom stereocenters. The Labute approximate surface area is 183 Å². The van der Waals surface area contributed by atoms with Gasteiger partial charge in [0.2, 0.25) is 0 Å². The van der Waals surface area contributed by atoms with Gasteiger partial charge in [0.15, 0.2) is 0 Å². The van der Waals surface area contributed by atoms with E-state index in [0.29, 0.717) is 5.56 Å². The molecule has 0 saturated carbocycles. The first-order valence-electron chi connectivity index (χ1n) is 11.1. The van der Waals surface area contributed by atoms with E-state index in [2.05, 4.69) is 34.1 Å². The summed E-state index contributed by atoms with van der Waals surface area (Å²) in [6, 6.07) is 16.3. The highest BCUT2D eigenvalue weighted by atomic mass is 16.5. The quantitative estimate of drug-likeness (QED) is 0.647. The highest BCUT2D eigenvalue weighted by Crippen LogP contribution is 2.32. The first-order chi connectivity index (χ1) is 15.3. The Morgan fingerprint density at radius 1 is 0.839 bits per heavy atom. The van der Waals surface area contributed by atoms with Crippen LogP contribution in [-0.4, -0.2) is 62.2 Å². The van der Waals surface area contributed by atoms with Crippen molar-refractivity contribution in [2.75, 3.05) is 56.2 Å². The van der Waals surface area contributed by atoms with Gasteiger partial charge in [-0.05, 0) is 30.4 Å². The molecule has 3 aromatic rings. The van der Waals surface area contributed by atoms with Crippen molar-refractivity contribution in [3.05, 3.63) is 60.3 Å². The van der Waals surface area contributed by atoms with E-state index in [-0.39, 0.29) is 5.91 Å². The number of anilines is 2. The zero-order valence-corrected chi connectivity index (χ0v) is 18.0. The molecule has 31 heavy (non-hydrogen) atoms. The van der Waals surface area contributed by atoms with Crippen molar-refractivity contribution in [1.29, 1.82) is 0 Å². The molecule has 0 N–H and O–H groups in total. The van der Waals surface area contributed by atoms with Crippen LogP contribution >= 0.6 is 0 Å². The number of methoxy groups -OCH3 is 1. The molecule has 6 nitrogen and oxygen atoms in total. The third kappa shape index (κ3) is 3.67. The maximum Gasteiger partial charge on any atom is 0.256 e. The van der Waals surface area contributed by atoms with E-state index in [1.807, 2.05) is 29.2 Å². The van der Waals surface area contributed by atoms with Crippen LogP contribution in [0.5, 0.6) is 5.75 Å². The molecule has 1 aromatic heterocycles. The number of nitrogens with zero attached hydrogens (tertiary/aromatic N) is 4. The number of benzene rings is 2. The van der Waals surface area contributed by atoms with Crippen LogP contribution in [0.3, 0.4) is 0 Å². The highest BCUT2D eigenvalue weighted by Gasteiger charge is 2.25. The lowest BCUT2D eigenvalue weighted by atomic mass is 10.1. The number of pyridine rings is 1. The van der Waals surface area contributed by atoms with Gasteiger partial charge in [0.25, 0.3) is 5.91 Å². The first-order valence-corrected chi connectivity index (χ1v) is 11.1. The number of carbonyl (C=O) groups excluding carboxylic acids is 1. The summed E-state index contributed by atoms with van der Waals surface area (Å²) >= 11 is 0. The van der Waals surface area contributed by atoms with Gasteiger partial charge in [-0.15, -0.1) is 0 Å². The number of ether oxygens (including phenoxy) is 1. The fourth-order valence-electron chi connectivity index (χ4n) is 4.74. The fraction of sp³-hybridized carbons (Fsp3) is 0.360. The molecule has 6 heteroatoms. The van der Waals surface area contributed by atoms with Gasteiger partial charge in [-0.1, -0.05) is 36.4 Å². The topological polar surface area (TPSA) is 48.9 Å². The summed E-state index contributed by atoms with van der Waals surface area (Å²) in [5.41, 5.74) is 1.85. The Hall–Kier alpha value is -3.28. The summed E-state index contributed by atoms with van der Waals surface area (Å²) in [6.07, 6.45) is 3.96. The number of aromatic nitrogens is 1. The lowest BCUT2D eigenvalue weighted by Gasteiger charge is -2.37. The van der Waals surface area contributed by atoms with Crippen molar-refractivity contribution in [1.82, 2.24) is 9.88 Å². The molecule has 0 bridgehead atoms. The number of likely N-dealkylation sites (tertiary alicyclic amines) is 1. The molecule has 2 fully saturated rings. The minimum Gasteiger partial charge on any atom is -0.495 e. The van der Waals surface area contributed by atoms with Crippen LogP contribution in [0.25, 0.3) is 10.8 Å². The monoisotopic (exact) mass is 416 g/mol. The maximum atomic E-state index is 13.1. The second-order valence-electron chi connectivity index (χ2n) is 8.19. The smallest absolute Gasteiger partial charge is 0.256 e. The van der Waals surface area contributed by atoms with Crippen LogP contribution in [-0.2, 0) is 0 Å². The molecule has 2 saturated heterocycles. The van der Waals surface area contributed by atoms with E-state index in [1.165, 1.54) is 0 Å². The Bertz CT molecular complexity index is 1090. The summed E-state index contributed by atoms with van der Waals surface area (Å²) in [6.45, 7) is 5.22. The molecule has 0 atom stereocenters. The molecule has 160 valence electrons. The normalized spacial score (nSPS) is 16.7. The van der Waals surface area contributed by atoms with Crippen LogP contribution in [0.2, 0.25) is 0 Å². The number of carbonyl (C=O) groups is 1. The van der Waals surface area contributed by atoms with Gasteiger partial charge in [0.05, 0.1) is 18.4 Å². The summed E-state index contributed by atoms with van der Waals surface area (Å²) in [5.74, 6) is 1.98. The van der Waals surface area contributed by atoms with Crippen molar-refractivity contribution in [3.8, 4) is 5.75 Å². The number of hydrogen-bond acceptors (Lipinski definition) is 5. The van der Waals surface area contributed by atoms with E-state index in [9.17, 15) is 4.79 Å². The van der Waals surface area contributed by atoms with Gasteiger partial charge in [-0.3, -0.25) is 4.79 Å². The zero-order valence-electron chi connectivity index (χ0n) is 18.0. The number of piperazine rings is 1. The van der Waals surface area contributed by atoms with Crippen LogP contribution in [0.1, 0.15) is 23.2 Å². The van der Waals surface area contributed by atoms with Crippen LogP contribution in [0.4, 0.5) is 11.5 Å². The molecule has 0 radical (unpaired) electrons. The number of fused-ring (bicyclic) bond motifs is 1. The van der Waals surface area contributed by atoms with Gasteiger partial charge in [0, 0.05) is 50.9 Å². The average Bonchev–Trinajstić information content (AvgIpc) is 3.38. The first kappa shape index (κ1) is 19.7. The summed E-state index contributed by atoms with van der Waals surface area (Å²) in [4.78, 5) is 24.5. The number of para-hydroxylation sites is 2.